The predicted molar refractivity (Wildman–Crippen MR) is 96.6 cm³/mol. The highest BCUT2D eigenvalue weighted by Gasteiger charge is 2.43. The second kappa shape index (κ2) is 8.20. The highest BCUT2D eigenvalue weighted by molar-refractivity contribution is 6.24. The summed E-state index contributed by atoms with van der Waals surface area (Å²) in [7, 11) is 0. The molecule has 2 N–H and O–H groups in total. The molecule has 9 heteroatoms. The van der Waals surface area contributed by atoms with Gasteiger partial charge in [0.25, 0.3) is 11.8 Å². The average molecular weight is 390 g/mol. The van der Waals surface area contributed by atoms with E-state index in [-0.39, 0.29) is 29.7 Å². The van der Waals surface area contributed by atoms with E-state index < -0.39 is 41.9 Å². The number of aldehydes is 1. The van der Waals surface area contributed by atoms with Crippen molar-refractivity contribution in [3.05, 3.63) is 29.3 Å². The van der Waals surface area contributed by atoms with Crippen LogP contribution in [-0.2, 0) is 19.1 Å². The Kier molecular flexibility index (Phi) is 6.17. The fourth-order valence-corrected chi connectivity index (χ4v) is 2.81. The van der Waals surface area contributed by atoms with E-state index in [9.17, 15) is 24.0 Å². The van der Waals surface area contributed by atoms with E-state index in [0.717, 1.165) is 4.90 Å². The van der Waals surface area contributed by atoms with E-state index in [4.69, 9.17) is 15.2 Å². The molecule has 9 nitrogen and oxygen atoms in total. The van der Waals surface area contributed by atoms with Gasteiger partial charge < -0.3 is 20.0 Å². The second-order valence-corrected chi connectivity index (χ2v) is 7.20. The average Bonchev–Trinajstić information content (AvgIpc) is 2.84. The molecule has 0 radical (unpaired) electrons. The molecule has 0 saturated carbocycles. The van der Waals surface area contributed by atoms with Gasteiger partial charge in [-0.25, -0.2) is 4.79 Å². The molecule has 0 saturated heterocycles. The number of carbonyl (C=O) groups is 5. The molecule has 0 spiro atoms. The Labute approximate surface area is 161 Å². The van der Waals surface area contributed by atoms with Crippen LogP contribution in [0, 0.1) is 0 Å². The number of benzene rings is 1. The van der Waals surface area contributed by atoms with Crippen LogP contribution in [0.25, 0.3) is 0 Å². The maximum absolute atomic E-state index is 12.8. The fraction of sp³-hybridized carbons (Fsp3) is 0.421. The third-order valence-electron chi connectivity index (χ3n) is 3.87. The summed E-state index contributed by atoms with van der Waals surface area (Å²) in [4.78, 5) is 60.4. The van der Waals surface area contributed by atoms with Crippen molar-refractivity contribution in [2.45, 2.75) is 45.3 Å². The Morgan fingerprint density at radius 1 is 1.21 bits per heavy atom. The van der Waals surface area contributed by atoms with E-state index in [1.165, 1.54) is 18.2 Å². The maximum Gasteiger partial charge on any atom is 0.344 e. The minimum Gasteiger partial charge on any atom is -0.481 e. The molecular weight excluding hydrogens is 368 g/mol. The van der Waals surface area contributed by atoms with Gasteiger partial charge in [0.15, 0.2) is 6.61 Å². The molecule has 1 atom stereocenters. The van der Waals surface area contributed by atoms with Gasteiger partial charge in [-0.3, -0.25) is 19.3 Å². The van der Waals surface area contributed by atoms with Crippen LogP contribution in [-0.4, -0.2) is 53.1 Å². The summed E-state index contributed by atoms with van der Waals surface area (Å²) < 4.78 is 10.5. The third-order valence-corrected chi connectivity index (χ3v) is 3.87. The Balaban J connectivity index is 2.27. The standard InChI is InChI=1S/C19H22N2O7/c1-19(2,3)28-14(23)10-27-13-8-4-6-11-15(13)18(26)21(17(11)25)12(16(20)24)7-5-9-22/h4,6,8-9,12H,5,7,10H2,1-3H3,(H2,20,24). The Bertz CT molecular complexity index is 826. The molecule has 0 fully saturated rings. The number of primary amides is 1. The van der Waals surface area contributed by atoms with Crippen molar-refractivity contribution in [1.29, 1.82) is 0 Å². The van der Waals surface area contributed by atoms with Crippen LogP contribution in [0.5, 0.6) is 5.75 Å². The highest BCUT2D eigenvalue weighted by atomic mass is 16.6. The molecule has 1 aliphatic heterocycles. The highest BCUT2D eigenvalue weighted by Crippen LogP contribution is 2.33. The molecule has 150 valence electrons. The zero-order valence-electron chi connectivity index (χ0n) is 15.9. The van der Waals surface area contributed by atoms with Crippen molar-refractivity contribution >= 4 is 30.0 Å². The summed E-state index contributed by atoms with van der Waals surface area (Å²) in [6, 6.07) is 3.08. The molecule has 1 aromatic rings. The van der Waals surface area contributed by atoms with Crippen molar-refractivity contribution in [2.24, 2.45) is 5.73 Å². The lowest BCUT2D eigenvalue weighted by Gasteiger charge is -2.22. The van der Waals surface area contributed by atoms with Gasteiger partial charge in [0.05, 0.1) is 11.1 Å². The molecule has 0 aliphatic carbocycles. The number of hydrogen-bond donors (Lipinski definition) is 1. The first kappa shape index (κ1) is 21.1. The van der Waals surface area contributed by atoms with Gasteiger partial charge in [0.2, 0.25) is 5.91 Å². The summed E-state index contributed by atoms with van der Waals surface area (Å²) >= 11 is 0. The number of carbonyl (C=O) groups excluding carboxylic acids is 5. The molecule has 2 rings (SSSR count). The predicted octanol–water partition coefficient (Wildman–Crippen LogP) is 0.836. The minimum atomic E-state index is -1.25. The summed E-state index contributed by atoms with van der Waals surface area (Å²) in [6.45, 7) is 4.65. The lowest BCUT2D eigenvalue weighted by molar-refractivity contribution is -0.157. The second-order valence-electron chi connectivity index (χ2n) is 7.20. The summed E-state index contributed by atoms with van der Waals surface area (Å²) in [5.41, 5.74) is 4.59. The number of nitrogens with zero attached hydrogens (tertiary/aromatic N) is 1. The summed E-state index contributed by atoms with van der Waals surface area (Å²) in [6.07, 6.45) is 0.463. The lowest BCUT2D eigenvalue weighted by atomic mass is 10.1. The monoisotopic (exact) mass is 390 g/mol. The van der Waals surface area contributed by atoms with E-state index in [0.29, 0.717) is 6.29 Å². The van der Waals surface area contributed by atoms with Gasteiger partial charge in [-0.2, -0.15) is 0 Å². The number of fused-ring (bicyclic) bond motifs is 1. The Morgan fingerprint density at radius 2 is 1.89 bits per heavy atom. The molecule has 0 aromatic heterocycles. The van der Waals surface area contributed by atoms with Gasteiger partial charge in [-0.15, -0.1) is 0 Å². The van der Waals surface area contributed by atoms with Crippen LogP contribution in [0.2, 0.25) is 0 Å². The van der Waals surface area contributed by atoms with Crippen molar-refractivity contribution in [3.63, 3.8) is 0 Å². The molecule has 1 aromatic carbocycles. The number of ether oxygens (including phenoxy) is 2. The lowest BCUT2D eigenvalue weighted by Crippen LogP contribution is -2.47. The fourth-order valence-electron chi connectivity index (χ4n) is 2.81. The third kappa shape index (κ3) is 4.54. The molecule has 0 bridgehead atoms. The number of hydrogen-bond acceptors (Lipinski definition) is 7. The molecule has 1 aliphatic rings. The van der Waals surface area contributed by atoms with Crippen molar-refractivity contribution in [2.75, 3.05) is 6.61 Å². The van der Waals surface area contributed by atoms with Gasteiger partial charge in [-0.1, -0.05) is 6.07 Å². The van der Waals surface area contributed by atoms with Crippen LogP contribution in [0.3, 0.4) is 0 Å². The smallest absolute Gasteiger partial charge is 0.344 e. The van der Waals surface area contributed by atoms with Crippen LogP contribution < -0.4 is 10.5 Å². The van der Waals surface area contributed by atoms with Crippen molar-refractivity contribution < 1.29 is 33.4 Å². The van der Waals surface area contributed by atoms with E-state index in [2.05, 4.69) is 0 Å². The summed E-state index contributed by atoms with van der Waals surface area (Å²) in [5, 5.41) is 0. The molecular formula is C19H22N2O7. The van der Waals surface area contributed by atoms with Crippen LogP contribution in [0.15, 0.2) is 18.2 Å². The number of imide groups is 1. The summed E-state index contributed by atoms with van der Waals surface area (Å²) in [5.74, 6) is -3.00. The van der Waals surface area contributed by atoms with Gasteiger partial charge >= 0.3 is 5.97 Å². The number of esters is 1. The van der Waals surface area contributed by atoms with E-state index in [1.54, 1.807) is 20.8 Å². The van der Waals surface area contributed by atoms with Crippen molar-refractivity contribution in [3.8, 4) is 5.75 Å². The Morgan fingerprint density at radius 3 is 2.46 bits per heavy atom. The molecule has 28 heavy (non-hydrogen) atoms. The van der Waals surface area contributed by atoms with Crippen LogP contribution in [0.1, 0.15) is 54.3 Å². The zero-order valence-corrected chi connectivity index (χ0v) is 15.9. The van der Waals surface area contributed by atoms with Gasteiger partial charge in [-0.05, 0) is 39.3 Å². The SMILES string of the molecule is CC(C)(C)OC(=O)COc1cccc2c1C(=O)N(C(CCC=O)C(N)=O)C2=O. The maximum atomic E-state index is 12.8. The topological polar surface area (TPSA) is 133 Å². The van der Waals surface area contributed by atoms with Crippen LogP contribution in [0.4, 0.5) is 0 Å². The van der Waals surface area contributed by atoms with Crippen LogP contribution >= 0.6 is 0 Å². The van der Waals surface area contributed by atoms with Crippen molar-refractivity contribution in [1.82, 2.24) is 4.90 Å². The quantitative estimate of drug-likeness (QED) is 0.395. The first-order valence-electron chi connectivity index (χ1n) is 8.65. The van der Waals surface area contributed by atoms with E-state index in [1.807, 2.05) is 0 Å². The number of nitrogens with two attached hydrogens (primary N) is 1. The van der Waals surface area contributed by atoms with Gasteiger partial charge in [0, 0.05) is 6.42 Å². The largest absolute Gasteiger partial charge is 0.481 e. The Hall–Kier alpha value is -3.23. The van der Waals surface area contributed by atoms with E-state index >= 15 is 0 Å². The first-order chi connectivity index (χ1) is 13.1. The normalized spacial score (nSPS) is 14.5. The minimum absolute atomic E-state index is 0.0165. The number of amides is 3. The molecule has 1 heterocycles. The molecule has 1 unspecified atom stereocenters. The number of rotatable bonds is 8. The first-order valence-corrected chi connectivity index (χ1v) is 8.65. The molecule has 3 amide bonds. The zero-order chi connectivity index (χ0) is 21.1. The van der Waals surface area contributed by atoms with Gasteiger partial charge in [0.1, 0.15) is 23.7 Å².